The van der Waals surface area contributed by atoms with Crippen LogP contribution in [0.2, 0.25) is 0 Å². The third-order valence-electron chi connectivity index (χ3n) is 2.29. The number of aromatic nitrogens is 3. The maximum atomic E-state index is 4.48. The summed E-state index contributed by atoms with van der Waals surface area (Å²) >= 11 is 1.75. The SMILES string of the molecule is Cc1nc(Cn2nccc2C)sc1C. The molecule has 0 spiro atoms. The minimum absolute atomic E-state index is 0.790. The van der Waals surface area contributed by atoms with E-state index in [4.69, 9.17) is 0 Å². The summed E-state index contributed by atoms with van der Waals surface area (Å²) in [5.74, 6) is 0. The van der Waals surface area contributed by atoms with Gasteiger partial charge in [0, 0.05) is 16.8 Å². The summed E-state index contributed by atoms with van der Waals surface area (Å²) in [7, 11) is 0. The Labute approximate surface area is 87.4 Å². The van der Waals surface area contributed by atoms with Crippen molar-refractivity contribution in [3.05, 3.63) is 33.5 Å². The summed E-state index contributed by atoms with van der Waals surface area (Å²) in [6, 6.07) is 2.01. The fourth-order valence-electron chi connectivity index (χ4n) is 1.30. The van der Waals surface area contributed by atoms with Crippen LogP contribution in [0.4, 0.5) is 0 Å². The van der Waals surface area contributed by atoms with Gasteiger partial charge in [0.2, 0.25) is 0 Å². The first-order chi connectivity index (χ1) is 6.66. The Morgan fingerprint density at radius 3 is 2.64 bits per heavy atom. The lowest BCUT2D eigenvalue weighted by Crippen LogP contribution is -2.02. The van der Waals surface area contributed by atoms with E-state index in [1.165, 1.54) is 10.6 Å². The molecule has 2 aromatic heterocycles. The third kappa shape index (κ3) is 1.70. The highest BCUT2D eigenvalue weighted by atomic mass is 32.1. The van der Waals surface area contributed by atoms with E-state index in [-0.39, 0.29) is 0 Å². The lowest BCUT2D eigenvalue weighted by molar-refractivity contribution is 0.661. The second-order valence-electron chi connectivity index (χ2n) is 3.38. The first kappa shape index (κ1) is 9.40. The standard InChI is InChI=1S/C10H13N3S/c1-7-4-5-11-13(7)6-10-12-8(2)9(3)14-10/h4-5H,6H2,1-3H3. The zero-order valence-electron chi connectivity index (χ0n) is 8.61. The molecule has 0 N–H and O–H groups in total. The van der Waals surface area contributed by atoms with Crippen molar-refractivity contribution < 1.29 is 0 Å². The molecule has 2 rings (SSSR count). The molecule has 0 aliphatic rings. The van der Waals surface area contributed by atoms with Crippen LogP contribution in [0.25, 0.3) is 0 Å². The summed E-state index contributed by atoms with van der Waals surface area (Å²) < 4.78 is 1.97. The van der Waals surface area contributed by atoms with Crippen molar-refractivity contribution in [2.45, 2.75) is 27.3 Å². The summed E-state index contributed by atoms with van der Waals surface area (Å²) in [5, 5.41) is 5.36. The zero-order valence-corrected chi connectivity index (χ0v) is 9.43. The van der Waals surface area contributed by atoms with Crippen LogP contribution in [-0.2, 0) is 6.54 Å². The van der Waals surface area contributed by atoms with E-state index in [2.05, 4.69) is 23.9 Å². The molecule has 2 heterocycles. The molecule has 0 fully saturated rings. The van der Waals surface area contributed by atoms with E-state index in [0.717, 1.165) is 17.2 Å². The van der Waals surface area contributed by atoms with Crippen molar-refractivity contribution >= 4 is 11.3 Å². The van der Waals surface area contributed by atoms with Crippen molar-refractivity contribution in [2.24, 2.45) is 0 Å². The first-order valence-corrected chi connectivity index (χ1v) is 5.40. The normalized spacial score (nSPS) is 10.8. The van der Waals surface area contributed by atoms with Crippen molar-refractivity contribution in [3.8, 4) is 0 Å². The highest BCUT2D eigenvalue weighted by Crippen LogP contribution is 2.17. The summed E-state index contributed by atoms with van der Waals surface area (Å²) in [5.41, 5.74) is 2.31. The van der Waals surface area contributed by atoms with E-state index in [9.17, 15) is 0 Å². The minimum atomic E-state index is 0.790. The van der Waals surface area contributed by atoms with E-state index < -0.39 is 0 Å². The second-order valence-corrected chi connectivity index (χ2v) is 4.67. The molecule has 0 radical (unpaired) electrons. The van der Waals surface area contributed by atoms with Crippen molar-refractivity contribution in [1.82, 2.24) is 14.8 Å². The van der Waals surface area contributed by atoms with Crippen LogP contribution in [0, 0.1) is 20.8 Å². The van der Waals surface area contributed by atoms with Crippen LogP contribution >= 0.6 is 11.3 Å². The average Bonchev–Trinajstić information content (AvgIpc) is 2.63. The van der Waals surface area contributed by atoms with Crippen molar-refractivity contribution in [1.29, 1.82) is 0 Å². The molecule has 4 heteroatoms. The maximum Gasteiger partial charge on any atom is 0.115 e. The highest BCUT2D eigenvalue weighted by Gasteiger charge is 2.05. The van der Waals surface area contributed by atoms with Crippen LogP contribution in [0.5, 0.6) is 0 Å². The summed E-state index contributed by atoms with van der Waals surface area (Å²) in [4.78, 5) is 5.78. The lowest BCUT2D eigenvalue weighted by Gasteiger charge is -1.99. The molecule has 3 nitrogen and oxygen atoms in total. The molecule has 0 aliphatic heterocycles. The van der Waals surface area contributed by atoms with Crippen LogP contribution in [0.15, 0.2) is 12.3 Å². The molecule has 74 valence electrons. The Kier molecular flexibility index (Phi) is 2.37. The quantitative estimate of drug-likeness (QED) is 0.756. The number of nitrogens with zero attached hydrogens (tertiary/aromatic N) is 3. The Bertz CT molecular complexity index is 422. The monoisotopic (exact) mass is 207 g/mol. The smallest absolute Gasteiger partial charge is 0.115 e. The molecular formula is C10H13N3S. The fraction of sp³-hybridized carbons (Fsp3) is 0.400. The highest BCUT2D eigenvalue weighted by molar-refractivity contribution is 7.11. The van der Waals surface area contributed by atoms with Crippen LogP contribution in [0.1, 0.15) is 21.3 Å². The topological polar surface area (TPSA) is 30.7 Å². The number of hydrogen-bond donors (Lipinski definition) is 0. The lowest BCUT2D eigenvalue weighted by atomic mass is 10.4. The van der Waals surface area contributed by atoms with Gasteiger partial charge in [-0.15, -0.1) is 11.3 Å². The molecule has 2 aromatic rings. The molecule has 0 atom stereocenters. The fourth-order valence-corrected chi connectivity index (χ4v) is 2.22. The number of aryl methyl sites for hydroxylation is 3. The first-order valence-electron chi connectivity index (χ1n) is 4.58. The van der Waals surface area contributed by atoms with Gasteiger partial charge in [-0.2, -0.15) is 5.10 Å². The molecular weight excluding hydrogens is 194 g/mol. The molecule has 0 unspecified atom stereocenters. The van der Waals surface area contributed by atoms with Crippen molar-refractivity contribution in [2.75, 3.05) is 0 Å². The summed E-state index contributed by atoms with van der Waals surface area (Å²) in [6.45, 7) is 7.00. The average molecular weight is 207 g/mol. The molecule has 0 bridgehead atoms. The Balaban J connectivity index is 2.23. The molecule has 0 saturated heterocycles. The van der Waals surface area contributed by atoms with Gasteiger partial charge in [0.05, 0.1) is 12.2 Å². The van der Waals surface area contributed by atoms with Crippen LogP contribution in [-0.4, -0.2) is 14.8 Å². The van der Waals surface area contributed by atoms with Gasteiger partial charge in [0.1, 0.15) is 5.01 Å². The molecule has 0 saturated carbocycles. The number of hydrogen-bond acceptors (Lipinski definition) is 3. The van der Waals surface area contributed by atoms with Gasteiger partial charge in [-0.3, -0.25) is 4.68 Å². The minimum Gasteiger partial charge on any atom is -0.263 e. The van der Waals surface area contributed by atoms with Gasteiger partial charge in [0.25, 0.3) is 0 Å². The van der Waals surface area contributed by atoms with Gasteiger partial charge in [-0.25, -0.2) is 4.98 Å². The number of rotatable bonds is 2. The summed E-state index contributed by atoms with van der Waals surface area (Å²) in [6.07, 6.45) is 1.82. The van der Waals surface area contributed by atoms with Crippen LogP contribution in [0.3, 0.4) is 0 Å². The Hall–Kier alpha value is -1.16. The van der Waals surface area contributed by atoms with E-state index >= 15 is 0 Å². The van der Waals surface area contributed by atoms with Gasteiger partial charge in [-0.05, 0) is 26.8 Å². The largest absolute Gasteiger partial charge is 0.263 e. The Morgan fingerprint density at radius 2 is 2.14 bits per heavy atom. The van der Waals surface area contributed by atoms with Crippen molar-refractivity contribution in [3.63, 3.8) is 0 Å². The predicted molar refractivity (Wildman–Crippen MR) is 57.7 cm³/mol. The maximum absolute atomic E-state index is 4.48. The Morgan fingerprint density at radius 1 is 1.36 bits per heavy atom. The molecule has 0 amide bonds. The van der Waals surface area contributed by atoms with Gasteiger partial charge in [0.15, 0.2) is 0 Å². The van der Waals surface area contributed by atoms with Gasteiger partial charge >= 0.3 is 0 Å². The number of thiazole rings is 1. The molecule has 0 aliphatic carbocycles. The van der Waals surface area contributed by atoms with Gasteiger partial charge in [-0.1, -0.05) is 0 Å². The van der Waals surface area contributed by atoms with E-state index in [0.29, 0.717) is 0 Å². The van der Waals surface area contributed by atoms with Crippen LogP contribution < -0.4 is 0 Å². The van der Waals surface area contributed by atoms with Gasteiger partial charge < -0.3 is 0 Å². The zero-order chi connectivity index (χ0) is 10.1. The molecule has 14 heavy (non-hydrogen) atoms. The predicted octanol–water partition coefficient (Wildman–Crippen LogP) is 2.31. The van der Waals surface area contributed by atoms with E-state index in [1.807, 2.05) is 23.9 Å². The third-order valence-corrected chi connectivity index (χ3v) is 3.34. The van der Waals surface area contributed by atoms with E-state index in [1.54, 1.807) is 11.3 Å². The molecule has 0 aromatic carbocycles. The second kappa shape index (κ2) is 3.53.